The number of aromatic nitrogens is 8. The molecule has 143 heavy (non-hydrogen) atoms. The molecule has 3 aromatic carbocycles. The van der Waals surface area contributed by atoms with Crippen molar-refractivity contribution in [2.75, 3.05) is 300 Å². The Morgan fingerprint density at radius 3 is 1.31 bits per heavy atom. The van der Waals surface area contributed by atoms with Crippen LogP contribution < -0.4 is 67.5 Å². The molecule has 2 saturated carbocycles. The molecule has 8 saturated heterocycles. The molecule has 9 N–H and O–H groups in total. The smallest absolute Gasteiger partial charge is 0.421 e. The maximum atomic E-state index is 13.6. The first kappa shape index (κ1) is 106. The lowest BCUT2D eigenvalue weighted by Gasteiger charge is -2.34. The van der Waals surface area contributed by atoms with Crippen LogP contribution in [0, 0.1) is 0 Å². The van der Waals surface area contributed by atoms with Crippen LogP contribution in [-0.4, -0.2) is 335 Å². The summed E-state index contributed by atoms with van der Waals surface area (Å²) in [6.07, 6.45) is 10.7. The van der Waals surface area contributed by atoms with Gasteiger partial charge < -0.3 is 116 Å². The van der Waals surface area contributed by atoms with Crippen molar-refractivity contribution in [3.8, 4) is 0 Å². The van der Waals surface area contributed by atoms with Gasteiger partial charge in [-0.25, -0.2) is 29.7 Å². The minimum Gasteiger partial charge on any atom is -0.449 e. The number of cyclic esters (lactones) is 1. The number of alkyl halides is 6. The van der Waals surface area contributed by atoms with E-state index in [0.717, 1.165) is 256 Å². The summed E-state index contributed by atoms with van der Waals surface area (Å²) in [7, 11) is 6.46. The van der Waals surface area contributed by atoms with E-state index in [1.807, 2.05) is 28.0 Å². The Balaban J connectivity index is 0.000000144. The fraction of sp³-hybridized carbons (Fsp3) is 0.560. The van der Waals surface area contributed by atoms with Crippen molar-refractivity contribution in [3.63, 3.8) is 0 Å². The molecular formula is C100H136Br2F6N28O7. The van der Waals surface area contributed by atoms with Crippen molar-refractivity contribution in [3.05, 3.63) is 141 Å². The van der Waals surface area contributed by atoms with Gasteiger partial charge in [0, 0.05) is 268 Å². The zero-order valence-corrected chi connectivity index (χ0v) is 85.5. The Labute approximate surface area is 849 Å². The van der Waals surface area contributed by atoms with Crippen molar-refractivity contribution in [2.45, 2.75) is 127 Å². The average molecular weight is 2120 g/mol. The average Bonchev–Trinajstić information content (AvgIpc) is 1.72. The number of nitrogens with one attached hydrogen (secondary N) is 9. The van der Waals surface area contributed by atoms with Crippen molar-refractivity contribution >= 4 is 148 Å². The third kappa shape index (κ3) is 31.6. The van der Waals surface area contributed by atoms with Crippen molar-refractivity contribution in [1.82, 2.24) is 79.5 Å². The van der Waals surface area contributed by atoms with E-state index in [-0.39, 0.29) is 66.8 Å². The molecule has 0 unspecified atom stereocenters. The van der Waals surface area contributed by atoms with E-state index in [2.05, 4.69) is 219 Å². The molecule has 4 amide bonds. The first-order chi connectivity index (χ1) is 69.3. The van der Waals surface area contributed by atoms with Crippen molar-refractivity contribution < 1.29 is 59.7 Å². The van der Waals surface area contributed by atoms with Gasteiger partial charge in [0.15, 0.2) is 0 Å². The lowest BCUT2D eigenvalue weighted by atomic mass is 10.1. The number of ether oxygens (including phenoxy) is 3. The summed E-state index contributed by atoms with van der Waals surface area (Å²) in [4.78, 5) is 106. The molecule has 0 bridgehead atoms. The number of piperidine rings is 1. The van der Waals surface area contributed by atoms with Crippen LogP contribution in [0.3, 0.4) is 0 Å². The second-order valence-electron chi connectivity index (χ2n) is 37.6. The minimum absolute atomic E-state index is 0.0472. The number of carbonyl (C=O) groups excluding carboxylic acids is 4. The van der Waals surface area contributed by atoms with Crippen LogP contribution in [0.15, 0.2) is 113 Å². The maximum Gasteiger partial charge on any atom is 0.421 e. The van der Waals surface area contributed by atoms with E-state index in [9.17, 15) is 45.5 Å². The Morgan fingerprint density at radius 2 is 0.818 bits per heavy atom. The van der Waals surface area contributed by atoms with Gasteiger partial charge in [-0.15, -0.1) is 0 Å². The molecule has 2 aliphatic carbocycles. The molecule has 774 valence electrons. The number of carbonyl (C=O) groups is 4. The minimum atomic E-state index is -4.60. The first-order valence-electron chi connectivity index (χ1n) is 50.4. The Morgan fingerprint density at radius 1 is 0.399 bits per heavy atom. The topological polar surface area (TPSA) is 343 Å². The third-order valence-electron chi connectivity index (χ3n) is 26.9. The molecule has 35 nitrogen and oxygen atoms in total. The van der Waals surface area contributed by atoms with Gasteiger partial charge in [-0.1, -0.05) is 6.92 Å². The SMILES string of the molecule is CCc1cc(N2CCN(C)CC2)ccc1Nc1ncc(Br)c(NCCCN2CCCOCC2=O)n1.CN1CCN(c2ccc(Nc3cc(NCCCN4CCCCC4=O)c(C(F)(F)F)cn3)nc2)CC1.CN1CCN(c2ccc(Nc3ncc(Br)c(NCCCN4CCCOCC4=O)n3)c(C3CC3)c2)CC1.O=C1OCCCN1CCCNc1nc(Nc2ccc(N3CCNCC3)cc2C2CC2)ncc1C(F)(F)F. The zero-order chi connectivity index (χ0) is 100. The summed E-state index contributed by atoms with van der Waals surface area (Å²) in [6.45, 7) is 27.6. The van der Waals surface area contributed by atoms with Gasteiger partial charge in [-0.05, 0) is 238 Å². The van der Waals surface area contributed by atoms with E-state index in [1.165, 1.54) is 41.4 Å². The molecule has 13 heterocycles. The quantitative estimate of drug-likeness (QED) is 0.0132. The number of hydrogen-bond donors (Lipinski definition) is 9. The molecule has 8 aromatic rings. The molecule has 5 aromatic heterocycles. The summed E-state index contributed by atoms with van der Waals surface area (Å²) in [5.41, 5.74) is 9.63. The van der Waals surface area contributed by atoms with Gasteiger partial charge in [0.25, 0.3) is 0 Å². The van der Waals surface area contributed by atoms with E-state index in [4.69, 9.17) is 19.2 Å². The van der Waals surface area contributed by atoms with Crippen LogP contribution in [0.25, 0.3) is 0 Å². The second kappa shape index (κ2) is 52.0. The molecule has 0 radical (unpaired) electrons. The van der Waals surface area contributed by atoms with Crippen LogP contribution in [0.4, 0.5) is 124 Å². The van der Waals surface area contributed by atoms with Crippen LogP contribution in [-0.2, 0) is 47.4 Å². The van der Waals surface area contributed by atoms with E-state index >= 15 is 0 Å². The van der Waals surface area contributed by atoms with Crippen LogP contribution in [0.2, 0.25) is 0 Å². The summed E-state index contributed by atoms with van der Waals surface area (Å²) in [5.74, 6) is 4.52. The lowest BCUT2D eigenvalue weighted by molar-refractivity contribution is -0.138. The number of halogens is 8. The standard InChI is InChI=1S/C26H36BrN7O2.C25H36BrN7O2.C25H32F3N7O2.C24H32F3N7O/c1-32-11-13-33(14-12-32)20-6-7-23(21(16-20)19-4-5-19)30-26-29-17-22(27)25(31-26)28-8-2-9-34-10-3-15-36-18-24(34)35;1-3-19-16-20(32-13-11-31(2)12-14-32)6-7-22(19)29-25-28-17-21(26)24(30-25)27-8-4-9-33-10-5-15-35-18-23(33)34;26-25(27,28)20-16-31-23(33-22(20)30-7-1-10-35-11-2-14-37-24(35)36)32-21-6-5-18(15-19(21)17-3-4-17)34-12-8-29-9-13-34;1-32-11-13-33(14-12-32)18-6-7-21(29-16-18)31-22-15-20(19(17-30-22)24(25,26)27)28-8-4-10-34-9-3-2-5-23(34)35/h6-7,16-17,19H,2-5,8-15,18H2,1H3,(H2,28,29,30,31);6-7,16-17H,3-5,8-15,18H2,1-2H3,(H2,27,28,29,30);5-6,15-17,29H,1-4,7-14H2,(H2,30,31,32,33);6-7,15-17H,2-5,8-14H2,1H3,(H2,28,29,30,31). The van der Waals surface area contributed by atoms with Crippen LogP contribution in [0.1, 0.15) is 136 Å². The predicted molar refractivity (Wildman–Crippen MR) is 554 cm³/mol. The Bertz CT molecular complexity index is 5480. The number of nitrogens with zero attached hydrogens (tertiary/aromatic N) is 19. The van der Waals surface area contributed by atoms with E-state index in [0.29, 0.717) is 121 Å². The summed E-state index contributed by atoms with van der Waals surface area (Å²) in [5, 5.41) is 28.9. The number of piperazine rings is 4. The molecule has 8 aliphatic heterocycles. The Kier molecular flexibility index (Phi) is 38.6. The molecule has 18 rings (SSSR count). The highest BCUT2D eigenvalue weighted by Gasteiger charge is 2.38. The molecule has 0 spiro atoms. The number of amides is 4. The lowest BCUT2D eigenvalue weighted by Crippen LogP contribution is -2.44. The first-order valence-corrected chi connectivity index (χ1v) is 52.0. The normalized spacial score (nSPS) is 18.2. The highest BCUT2D eigenvalue weighted by atomic mass is 79.9. The number of anilines is 16. The number of likely N-dealkylation sites (tertiary alicyclic amines) is 1. The van der Waals surface area contributed by atoms with Gasteiger partial charge in [0.1, 0.15) is 47.9 Å². The second-order valence-corrected chi connectivity index (χ2v) is 39.3. The summed E-state index contributed by atoms with van der Waals surface area (Å²) < 4.78 is 98.8. The molecular weight excluding hydrogens is 1980 g/mol. The molecule has 10 aliphatic rings. The number of pyridine rings is 2. The number of hydrogen-bond acceptors (Lipinski definition) is 31. The Hall–Kier alpha value is -11.2. The highest BCUT2D eigenvalue weighted by Crippen LogP contribution is 2.48. The number of likely N-dealkylation sites (N-methyl/N-ethyl adjacent to an activating group) is 3. The predicted octanol–water partition coefficient (Wildman–Crippen LogP) is 15.0. The molecule has 10 fully saturated rings. The van der Waals surface area contributed by atoms with E-state index < -0.39 is 23.5 Å². The number of rotatable bonds is 35. The number of benzene rings is 3. The fourth-order valence-corrected chi connectivity index (χ4v) is 18.8. The largest absolute Gasteiger partial charge is 0.449 e. The third-order valence-corrected chi connectivity index (χ3v) is 28.0. The van der Waals surface area contributed by atoms with Gasteiger partial charge in [-0.2, -0.15) is 41.3 Å². The highest BCUT2D eigenvalue weighted by molar-refractivity contribution is 9.11. The van der Waals surface area contributed by atoms with E-state index in [1.54, 1.807) is 34.5 Å². The fourth-order valence-electron chi connectivity index (χ4n) is 18.2. The number of aryl methyl sites for hydroxylation is 1. The molecule has 43 heteroatoms. The van der Waals surface area contributed by atoms with Gasteiger partial charge >= 0.3 is 18.4 Å². The summed E-state index contributed by atoms with van der Waals surface area (Å²) in [6, 6.07) is 24.6. The monoisotopic (exact) mass is 2110 g/mol. The summed E-state index contributed by atoms with van der Waals surface area (Å²) >= 11 is 7.11. The molecule has 0 atom stereocenters. The van der Waals surface area contributed by atoms with Crippen molar-refractivity contribution in [2.24, 2.45) is 0 Å². The van der Waals surface area contributed by atoms with Gasteiger partial charge in [0.05, 0.1) is 38.7 Å². The van der Waals surface area contributed by atoms with Crippen LogP contribution in [0.5, 0.6) is 0 Å². The van der Waals surface area contributed by atoms with Crippen LogP contribution >= 0.6 is 31.9 Å². The maximum absolute atomic E-state index is 13.6. The van der Waals surface area contributed by atoms with Crippen molar-refractivity contribution in [1.29, 1.82) is 0 Å². The van der Waals surface area contributed by atoms with Gasteiger partial charge in [0.2, 0.25) is 35.6 Å². The zero-order valence-electron chi connectivity index (χ0n) is 82.3. The van der Waals surface area contributed by atoms with Gasteiger partial charge in [-0.3, -0.25) is 14.4 Å².